The third-order valence-electron chi connectivity index (χ3n) is 2.87. The highest BCUT2D eigenvalue weighted by Crippen LogP contribution is 2.11. The van der Waals surface area contributed by atoms with Crippen molar-refractivity contribution in [3.05, 3.63) is 17.0 Å². The van der Waals surface area contributed by atoms with Crippen molar-refractivity contribution in [2.75, 3.05) is 6.54 Å². The lowest BCUT2D eigenvalue weighted by atomic mass is 10.0. The fraction of sp³-hybridized carbons (Fsp3) is 0.750. The second-order valence-electron chi connectivity index (χ2n) is 4.58. The molecule has 0 aliphatic heterocycles. The van der Waals surface area contributed by atoms with Gasteiger partial charge in [0.2, 0.25) is 0 Å². The Balaban J connectivity index is 2.26. The summed E-state index contributed by atoms with van der Waals surface area (Å²) in [4.78, 5) is 0. The summed E-state index contributed by atoms with van der Waals surface area (Å²) in [6, 6.07) is 0. The molecule has 1 aromatic rings. The highest BCUT2D eigenvalue weighted by Gasteiger charge is 2.10. The van der Waals surface area contributed by atoms with Gasteiger partial charge in [-0.25, -0.2) is 0 Å². The van der Waals surface area contributed by atoms with Crippen LogP contribution in [-0.4, -0.2) is 22.9 Å². The largest absolute Gasteiger partial charge is 0.393 e. The first-order valence-electron chi connectivity index (χ1n) is 5.83. The van der Waals surface area contributed by atoms with Gasteiger partial charge in [-0.2, -0.15) is 0 Å². The van der Waals surface area contributed by atoms with Crippen LogP contribution < -0.4 is 5.32 Å². The molecule has 0 radical (unpaired) electrons. The Morgan fingerprint density at radius 1 is 1.38 bits per heavy atom. The average Bonchev–Trinajstić information content (AvgIpc) is 2.54. The predicted octanol–water partition coefficient (Wildman–Crippen LogP) is 1.79. The number of aryl methyl sites for hydroxylation is 2. The molecule has 16 heavy (non-hydrogen) atoms. The third-order valence-corrected chi connectivity index (χ3v) is 2.87. The quantitative estimate of drug-likeness (QED) is 0.726. The summed E-state index contributed by atoms with van der Waals surface area (Å²) in [5.41, 5.74) is 2.06. The van der Waals surface area contributed by atoms with Crippen LogP contribution in [0.3, 0.4) is 0 Å². The van der Waals surface area contributed by atoms with Crippen molar-refractivity contribution in [2.24, 2.45) is 5.92 Å². The van der Waals surface area contributed by atoms with Crippen molar-refractivity contribution in [3.8, 4) is 0 Å². The van der Waals surface area contributed by atoms with E-state index in [-0.39, 0.29) is 6.10 Å². The highest BCUT2D eigenvalue weighted by atomic mass is 16.5. The second kappa shape index (κ2) is 6.01. The molecule has 4 nitrogen and oxygen atoms in total. The molecule has 0 bridgehead atoms. The molecular formula is C12H22N2O2. The average molecular weight is 226 g/mol. The Morgan fingerprint density at radius 2 is 2.06 bits per heavy atom. The first-order chi connectivity index (χ1) is 7.52. The highest BCUT2D eigenvalue weighted by molar-refractivity contribution is 5.20. The molecule has 0 fully saturated rings. The molecular weight excluding hydrogens is 204 g/mol. The summed E-state index contributed by atoms with van der Waals surface area (Å²) < 4.78 is 5.07. The van der Waals surface area contributed by atoms with Gasteiger partial charge in [0, 0.05) is 12.1 Å². The molecule has 1 unspecified atom stereocenters. The molecule has 0 aliphatic rings. The Hall–Kier alpha value is -0.870. The SMILES string of the molecule is Cc1noc(C)c1CNCCC(O)C(C)C. The molecule has 0 aliphatic carbocycles. The summed E-state index contributed by atoms with van der Waals surface area (Å²) in [5.74, 6) is 1.19. The van der Waals surface area contributed by atoms with Gasteiger partial charge in [0.1, 0.15) is 5.76 Å². The van der Waals surface area contributed by atoms with Crippen molar-refractivity contribution < 1.29 is 9.63 Å². The fourth-order valence-electron chi connectivity index (χ4n) is 1.55. The summed E-state index contributed by atoms with van der Waals surface area (Å²) >= 11 is 0. The van der Waals surface area contributed by atoms with E-state index < -0.39 is 0 Å². The number of rotatable bonds is 6. The van der Waals surface area contributed by atoms with Crippen LogP contribution in [0.2, 0.25) is 0 Å². The monoisotopic (exact) mass is 226 g/mol. The molecule has 0 aromatic carbocycles. The first kappa shape index (κ1) is 13.2. The maximum absolute atomic E-state index is 9.62. The van der Waals surface area contributed by atoms with Gasteiger partial charge < -0.3 is 14.9 Å². The lowest BCUT2D eigenvalue weighted by molar-refractivity contribution is 0.116. The van der Waals surface area contributed by atoms with Crippen molar-refractivity contribution in [1.29, 1.82) is 0 Å². The molecule has 92 valence electrons. The van der Waals surface area contributed by atoms with E-state index in [0.717, 1.165) is 36.5 Å². The van der Waals surface area contributed by atoms with Gasteiger partial charge in [0.05, 0.1) is 11.8 Å². The molecule has 2 N–H and O–H groups in total. The number of aliphatic hydroxyl groups is 1. The van der Waals surface area contributed by atoms with Gasteiger partial charge in [-0.1, -0.05) is 19.0 Å². The van der Waals surface area contributed by atoms with E-state index in [1.807, 2.05) is 27.7 Å². The van der Waals surface area contributed by atoms with E-state index in [9.17, 15) is 5.11 Å². The smallest absolute Gasteiger partial charge is 0.138 e. The molecule has 0 spiro atoms. The van der Waals surface area contributed by atoms with Crippen molar-refractivity contribution in [1.82, 2.24) is 10.5 Å². The summed E-state index contributed by atoms with van der Waals surface area (Å²) in [5, 5.41) is 16.8. The van der Waals surface area contributed by atoms with Crippen LogP contribution in [0.5, 0.6) is 0 Å². The van der Waals surface area contributed by atoms with Gasteiger partial charge >= 0.3 is 0 Å². The van der Waals surface area contributed by atoms with Crippen molar-refractivity contribution in [3.63, 3.8) is 0 Å². The van der Waals surface area contributed by atoms with Gasteiger partial charge in [0.25, 0.3) is 0 Å². The number of aromatic nitrogens is 1. The molecule has 4 heteroatoms. The zero-order chi connectivity index (χ0) is 12.1. The summed E-state index contributed by atoms with van der Waals surface area (Å²) in [6.07, 6.45) is 0.554. The van der Waals surface area contributed by atoms with Crippen LogP contribution in [0.1, 0.15) is 37.3 Å². The minimum absolute atomic E-state index is 0.225. The zero-order valence-electron chi connectivity index (χ0n) is 10.6. The summed E-state index contributed by atoms with van der Waals surface area (Å²) in [7, 11) is 0. The van der Waals surface area contributed by atoms with Crippen LogP contribution >= 0.6 is 0 Å². The Kier molecular flexibility index (Phi) is 4.96. The standard InChI is InChI=1S/C12H22N2O2/c1-8(2)12(15)5-6-13-7-11-9(3)14-16-10(11)4/h8,12-13,15H,5-7H2,1-4H3. The third kappa shape index (κ3) is 3.61. The van der Waals surface area contributed by atoms with Crippen LogP contribution in [0.25, 0.3) is 0 Å². The molecule has 1 rings (SSSR count). The maximum Gasteiger partial charge on any atom is 0.138 e. The first-order valence-corrected chi connectivity index (χ1v) is 5.83. The van der Waals surface area contributed by atoms with E-state index in [4.69, 9.17) is 4.52 Å². The summed E-state index contributed by atoms with van der Waals surface area (Å²) in [6.45, 7) is 9.48. The van der Waals surface area contributed by atoms with E-state index in [1.165, 1.54) is 0 Å². The lowest BCUT2D eigenvalue weighted by Crippen LogP contribution is -2.23. The second-order valence-corrected chi connectivity index (χ2v) is 4.58. The molecule has 0 saturated carbocycles. The van der Waals surface area contributed by atoms with E-state index >= 15 is 0 Å². The predicted molar refractivity (Wildman–Crippen MR) is 63.1 cm³/mol. The Labute approximate surface area is 97.0 Å². The topological polar surface area (TPSA) is 58.3 Å². The van der Waals surface area contributed by atoms with Crippen LogP contribution in [-0.2, 0) is 6.54 Å². The van der Waals surface area contributed by atoms with Crippen LogP contribution in [0, 0.1) is 19.8 Å². The Morgan fingerprint density at radius 3 is 2.56 bits per heavy atom. The lowest BCUT2D eigenvalue weighted by Gasteiger charge is -2.14. The van der Waals surface area contributed by atoms with Crippen molar-refractivity contribution >= 4 is 0 Å². The van der Waals surface area contributed by atoms with Crippen LogP contribution in [0.15, 0.2) is 4.52 Å². The maximum atomic E-state index is 9.62. The number of nitrogens with one attached hydrogen (secondary N) is 1. The van der Waals surface area contributed by atoms with E-state index in [0.29, 0.717) is 5.92 Å². The van der Waals surface area contributed by atoms with Gasteiger partial charge in [-0.3, -0.25) is 0 Å². The Bertz CT molecular complexity index is 301. The number of aliphatic hydroxyl groups excluding tert-OH is 1. The van der Waals surface area contributed by atoms with Crippen molar-refractivity contribution in [2.45, 2.75) is 46.8 Å². The minimum atomic E-state index is -0.225. The molecule has 0 saturated heterocycles. The molecule has 1 atom stereocenters. The number of hydrogen-bond acceptors (Lipinski definition) is 4. The normalized spacial score (nSPS) is 13.4. The minimum Gasteiger partial charge on any atom is -0.393 e. The zero-order valence-corrected chi connectivity index (χ0v) is 10.6. The van der Waals surface area contributed by atoms with Crippen LogP contribution in [0.4, 0.5) is 0 Å². The molecule has 1 heterocycles. The van der Waals surface area contributed by atoms with E-state index in [1.54, 1.807) is 0 Å². The molecule has 1 aromatic heterocycles. The molecule has 0 amide bonds. The number of nitrogens with zero attached hydrogens (tertiary/aromatic N) is 1. The van der Waals surface area contributed by atoms with Gasteiger partial charge in [-0.15, -0.1) is 0 Å². The fourth-order valence-corrected chi connectivity index (χ4v) is 1.55. The van der Waals surface area contributed by atoms with Gasteiger partial charge in [0.15, 0.2) is 0 Å². The van der Waals surface area contributed by atoms with E-state index in [2.05, 4.69) is 10.5 Å². The van der Waals surface area contributed by atoms with Gasteiger partial charge in [-0.05, 0) is 32.7 Å². The number of hydrogen-bond donors (Lipinski definition) is 2.